The number of phenolic OH excluding ortho intramolecular Hbond substituents is 1. The van der Waals surface area contributed by atoms with Gasteiger partial charge in [0.25, 0.3) is 11.8 Å². The van der Waals surface area contributed by atoms with Gasteiger partial charge in [-0.1, -0.05) is 23.2 Å². The van der Waals surface area contributed by atoms with Crippen molar-refractivity contribution in [3.05, 3.63) is 63.1 Å². The monoisotopic (exact) mass is 406 g/mol. The van der Waals surface area contributed by atoms with Crippen LogP contribution in [-0.2, 0) is 9.59 Å². The highest BCUT2D eigenvalue weighted by atomic mass is 35.5. The Morgan fingerprint density at radius 3 is 2.42 bits per heavy atom. The molecule has 1 aliphatic heterocycles. The molecule has 1 aliphatic rings. The number of aromatic hydroxyl groups is 1. The number of carbonyl (C=O) groups is 2. The third kappa shape index (κ3) is 3.44. The lowest BCUT2D eigenvalue weighted by Gasteiger charge is -2.29. The quantitative estimate of drug-likeness (QED) is 0.451. The summed E-state index contributed by atoms with van der Waals surface area (Å²) < 4.78 is 0. The number of hydrogen-bond acceptors (Lipinski definition) is 4. The fourth-order valence-electron chi connectivity index (χ4n) is 2.51. The third-order valence-electron chi connectivity index (χ3n) is 3.78. The van der Waals surface area contributed by atoms with Crippen molar-refractivity contribution in [2.75, 3.05) is 4.90 Å². The molecule has 0 aromatic heterocycles. The van der Waals surface area contributed by atoms with E-state index in [0.717, 1.165) is 0 Å². The molecule has 2 N–H and O–H groups in total. The van der Waals surface area contributed by atoms with Gasteiger partial charge in [0.05, 0.1) is 5.69 Å². The molecule has 0 unspecified atom stereocenters. The second-order valence-corrected chi connectivity index (χ2v) is 6.85. The summed E-state index contributed by atoms with van der Waals surface area (Å²) in [4.78, 5) is 26.3. The topological polar surface area (TPSA) is 69.6 Å². The van der Waals surface area contributed by atoms with Gasteiger partial charge in [-0.25, -0.2) is 0 Å². The second-order valence-electron chi connectivity index (χ2n) is 5.59. The first-order chi connectivity index (χ1) is 12.3. The fourth-order valence-corrected chi connectivity index (χ4v) is 3.20. The van der Waals surface area contributed by atoms with Gasteiger partial charge in [-0.15, -0.1) is 0 Å². The number of nitrogens with one attached hydrogen (secondary N) is 1. The normalized spacial score (nSPS) is 16.2. The summed E-state index contributed by atoms with van der Waals surface area (Å²) in [5, 5.41) is 13.5. The Morgan fingerprint density at radius 1 is 1.12 bits per heavy atom. The van der Waals surface area contributed by atoms with E-state index in [1.54, 1.807) is 37.3 Å². The van der Waals surface area contributed by atoms with Gasteiger partial charge in [-0.3, -0.25) is 19.8 Å². The number of aryl methyl sites for hydroxylation is 1. The fraction of sp³-hybridized carbons (Fsp3) is 0.0556. The van der Waals surface area contributed by atoms with E-state index in [1.807, 2.05) is 0 Å². The van der Waals surface area contributed by atoms with Gasteiger partial charge in [-0.05, 0) is 67.2 Å². The Bertz CT molecular complexity index is 971. The zero-order valence-electron chi connectivity index (χ0n) is 13.4. The van der Waals surface area contributed by atoms with E-state index in [9.17, 15) is 14.7 Å². The van der Waals surface area contributed by atoms with E-state index in [2.05, 4.69) is 5.32 Å². The van der Waals surface area contributed by atoms with Crippen molar-refractivity contribution in [3.8, 4) is 5.75 Å². The minimum absolute atomic E-state index is 0.0361. The molecule has 2 aromatic carbocycles. The number of benzene rings is 2. The van der Waals surface area contributed by atoms with Gasteiger partial charge in [0, 0.05) is 15.6 Å². The average Bonchev–Trinajstić information content (AvgIpc) is 2.57. The second kappa shape index (κ2) is 7.07. The molecule has 0 bridgehead atoms. The van der Waals surface area contributed by atoms with Crippen molar-refractivity contribution in [1.82, 2.24) is 5.32 Å². The van der Waals surface area contributed by atoms with E-state index >= 15 is 0 Å². The number of nitrogens with zero attached hydrogens (tertiary/aromatic N) is 1. The van der Waals surface area contributed by atoms with Gasteiger partial charge >= 0.3 is 0 Å². The minimum Gasteiger partial charge on any atom is -0.507 e. The summed E-state index contributed by atoms with van der Waals surface area (Å²) in [7, 11) is 0. The standard InChI is InChI=1S/C18H12Cl2N2O3S/c1-9-6-12(20)7-10(15(9)23)8-14-16(24)21-18(26)22(17(14)25)13-4-2-11(19)3-5-13/h2-8,23H,1H3,(H,21,24,26)/b14-8+. The highest BCUT2D eigenvalue weighted by Crippen LogP contribution is 2.30. The van der Waals surface area contributed by atoms with Crippen LogP contribution in [0.25, 0.3) is 6.08 Å². The molecule has 8 heteroatoms. The van der Waals surface area contributed by atoms with E-state index in [4.69, 9.17) is 35.4 Å². The van der Waals surface area contributed by atoms with Crippen LogP contribution in [0.2, 0.25) is 10.0 Å². The third-order valence-corrected chi connectivity index (χ3v) is 4.54. The summed E-state index contributed by atoms with van der Waals surface area (Å²) in [6.07, 6.45) is 1.29. The first-order valence-electron chi connectivity index (χ1n) is 7.44. The molecular formula is C18H12Cl2N2O3S. The van der Waals surface area contributed by atoms with Crippen molar-refractivity contribution in [2.24, 2.45) is 0 Å². The predicted molar refractivity (Wildman–Crippen MR) is 106 cm³/mol. The molecular weight excluding hydrogens is 395 g/mol. The summed E-state index contributed by atoms with van der Waals surface area (Å²) in [5.41, 5.74) is 1.07. The van der Waals surface area contributed by atoms with Crippen molar-refractivity contribution in [2.45, 2.75) is 6.92 Å². The van der Waals surface area contributed by atoms with Gasteiger partial charge in [0.15, 0.2) is 5.11 Å². The van der Waals surface area contributed by atoms with E-state index < -0.39 is 11.8 Å². The molecule has 5 nitrogen and oxygen atoms in total. The Morgan fingerprint density at radius 2 is 1.77 bits per heavy atom. The highest BCUT2D eigenvalue weighted by Gasteiger charge is 2.34. The maximum Gasteiger partial charge on any atom is 0.270 e. The number of halogens is 2. The van der Waals surface area contributed by atoms with Crippen LogP contribution in [0.1, 0.15) is 11.1 Å². The van der Waals surface area contributed by atoms with E-state index in [1.165, 1.54) is 17.0 Å². The average molecular weight is 407 g/mol. The molecule has 0 spiro atoms. The van der Waals surface area contributed by atoms with Crippen LogP contribution < -0.4 is 10.2 Å². The van der Waals surface area contributed by atoms with Crippen LogP contribution in [0.15, 0.2) is 42.0 Å². The summed E-state index contributed by atoms with van der Waals surface area (Å²) in [5.74, 6) is -1.32. The van der Waals surface area contributed by atoms with Crippen molar-refractivity contribution in [1.29, 1.82) is 0 Å². The largest absolute Gasteiger partial charge is 0.507 e. The lowest BCUT2D eigenvalue weighted by atomic mass is 10.0. The number of phenols is 1. The molecule has 3 rings (SSSR count). The zero-order chi connectivity index (χ0) is 19.0. The Kier molecular flexibility index (Phi) is 5.00. The number of hydrogen-bond donors (Lipinski definition) is 2. The van der Waals surface area contributed by atoms with E-state index in [-0.39, 0.29) is 22.0 Å². The van der Waals surface area contributed by atoms with Crippen molar-refractivity contribution < 1.29 is 14.7 Å². The number of anilines is 1. The van der Waals surface area contributed by atoms with Gasteiger partial charge in [0.1, 0.15) is 11.3 Å². The van der Waals surface area contributed by atoms with Crippen LogP contribution in [0, 0.1) is 6.92 Å². The molecule has 26 heavy (non-hydrogen) atoms. The number of thiocarbonyl (C=S) groups is 1. The number of carbonyl (C=O) groups excluding carboxylic acids is 2. The maximum atomic E-state index is 12.9. The molecule has 2 aromatic rings. The van der Waals surface area contributed by atoms with Gasteiger partial charge in [-0.2, -0.15) is 0 Å². The van der Waals surface area contributed by atoms with Crippen LogP contribution in [0.3, 0.4) is 0 Å². The first-order valence-corrected chi connectivity index (χ1v) is 8.60. The lowest BCUT2D eigenvalue weighted by Crippen LogP contribution is -2.54. The van der Waals surface area contributed by atoms with Crippen molar-refractivity contribution in [3.63, 3.8) is 0 Å². The number of amides is 2. The molecule has 0 aliphatic carbocycles. The van der Waals surface area contributed by atoms with Crippen LogP contribution in [0.4, 0.5) is 5.69 Å². The first kappa shape index (κ1) is 18.4. The Labute approximate surface area is 164 Å². The molecule has 1 heterocycles. The summed E-state index contributed by atoms with van der Waals surface area (Å²) in [6.45, 7) is 1.67. The Balaban J connectivity index is 2.07. The maximum absolute atomic E-state index is 12.9. The van der Waals surface area contributed by atoms with Crippen LogP contribution in [0.5, 0.6) is 5.75 Å². The molecule has 0 atom stereocenters. The molecule has 2 amide bonds. The molecule has 132 valence electrons. The number of rotatable bonds is 2. The predicted octanol–water partition coefficient (Wildman–Crippen LogP) is 3.84. The summed E-state index contributed by atoms with van der Waals surface area (Å²) in [6, 6.07) is 9.50. The molecule has 1 fully saturated rings. The Hall–Kier alpha value is -2.41. The smallest absolute Gasteiger partial charge is 0.270 e. The van der Waals surface area contributed by atoms with Crippen LogP contribution >= 0.6 is 35.4 Å². The lowest BCUT2D eigenvalue weighted by molar-refractivity contribution is -0.122. The SMILES string of the molecule is Cc1cc(Cl)cc(/C=C2\C(=O)NC(=S)N(c3ccc(Cl)cc3)C2=O)c1O. The minimum atomic E-state index is -0.651. The summed E-state index contributed by atoms with van der Waals surface area (Å²) >= 11 is 17.0. The molecule has 0 saturated carbocycles. The van der Waals surface area contributed by atoms with Gasteiger partial charge in [0.2, 0.25) is 0 Å². The highest BCUT2D eigenvalue weighted by molar-refractivity contribution is 7.80. The van der Waals surface area contributed by atoms with Crippen molar-refractivity contribution >= 4 is 64.1 Å². The van der Waals surface area contributed by atoms with E-state index in [0.29, 0.717) is 21.3 Å². The molecule has 1 saturated heterocycles. The van der Waals surface area contributed by atoms with Crippen LogP contribution in [-0.4, -0.2) is 22.0 Å². The van der Waals surface area contributed by atoms with Gasteiger partial charge < -0.3 is 5.11 Å². The molecule has 0 radical (unpaired) electrons. The zero-order valence-corrected chi connectivity index (χ0v) is 15.7.